The molecule has 0 aromatic heterocycles. The summed E-state index contributed by atoms with van der Waals surface area (Å²) in [6.45, 7) is 1.91. The maximum absolute atomic E-state index is 14.4. The number of hydrogen-bond acceptors (Lipinski definition) is 4. The fraction of sp³-hybridized carbons (Fsp3) is 0.316. The highest BCUT2D eigenvalue weighted by Crippen LogP contribution is 2.33. The number of rotatable bonds is 3. The molecule has 0 bridgehead atoms. The minimum atomic E-state index is -0.316. The van der Waals surface area contributed by atoms with Crippen LogP contribution in [0.3, 0.4) is 0 Å². The Kier molecular flexibility index (Phi) is 4.17. The number of halogens is 1. The number of nitrogens with one attached hydrogen (secondary N) is 1. The van der Waals surface area contributed by atoms with Gasteiger partial charge in [0.1, 0.15) is 5.82 Å². The molecule has 0 radical (unpaired) electrons. The Balaban J connectivity index is 1.48. The van der Waals surface area contributed by atoms with Gasteiger partial charge in [0.2, 0.25) is 6.79 Å². The van der Waals surface area contributed by atoms with Gasteiger partial charge in [-0.3, -0.25) is 4.79 Å². The highest BCUT2D eigenvalue weighted by molar-refractivity contribution is 6.04. The van der Waals surface area contributed by atoms with E-state index in [1.165, 1.54) is 12.5 Å². The zero-order valence-electron chi connectivity index (χ0n) is 13.8. The van der Waals surface area contributed by atoms with Gasteiger partial charge in [0.15, 0.2) is 11.5 Å². The number of anilines is 2. The molecule has 0 aliphatic carbocycles. The SMILES string of the molecule is O=C(Nc1ccc(N2CCCCC2)c(F)c1)c1ccc2c(c1)OCO2. The van der Waals surface area contributed by atoms with Gasteiger partial charge in [-0.25, -0.2) is 4.39 Å². The van der Waals surface area contributed by atoms with Crippen LogP contribution in [0, 0.1) is 5.82 Å². The quantitative estimate of drug-likeness (QED) is 0.922. The molecule has 0 saturated carbocycles. The lowest BCUT2D eigenvalue weighted by atomic mass is 10.1. The highest BCUT2D eigenvalue weighted by atomic mass is 19.1. The molecule has 2 aliphatic rings. The summed E-state index contributed by atoms with van der Waals surface area (Å²) in [6, 6.07) is 9.80. The first-order chi connectivity index (χ1) is 12.2. The average molecular weight is 342 g/mol. The number of carbonyl (C=O) groups excluding carboxylic acids is 1. The van der Waals surface area contributed by atoms with Crippen LogP contribution in [0.1, 0.15) is 29.6 Å². The summed E-state index contributed by atoms with van der Waals surface area (Å²) in [6.07, 6.45) is 3.37. The molecule has 2 aromatic rings. The van der Waals surface area contributed by atoms with E-state index >= 15 is 0 Å². The van der Waals surface area contributed by atoms with Gasteiger partial charge in [0, 0.05) is 24.3 Å². The molecule has 2 aromatic carbocycles. The first-order valence-corrected chi connectivity index (χ1v) is 8.46. The van der Waals surface area contributed by atoms with Crippen LogP contribution < -0.4 is 19.7 Å². The summed E-state index contributed by atoms with van der Waals surface area (Å²) < 4.78 is 24.9. The molecule has 1 N–H and O–H groups in total. The van der Waals surface area contributed by atoms with Crippen molar-refractivity contribution in [1.29, 1.82) is 0 Å². The molecule has 5 nitrogen and oxygen atoms in total. The van der Waals surface area contributed by atoms with Crippen molar-refractivity contribution in [1.82, 2.24) is 0 Å². The molecule has 130 valence electrons. The van der Waals surface area contributed by atoms with Gasteiger partial charge in [-0.05, 0) is 55.7 Å². The van der Waals surface area contributed by atoms with Crippen LogP contribution in [0.4, 0.5) is 15.8 Å². The lowest BCUT2D eigenvalue weighted by Gasteiger charge is -2.29. The standard InChI is InChI=1S/C19H19FN2O3/c20-15-11-14(5-6-16(15)22-8-2-1-3-9-22)21-19(23)13-4-7-17-18(10-13)25-12-24-17/h4-7,10-11H,1-3,8-9,12H2,(H,21,23). The molecule has 1 saturated heterocycles. The zero-order valence-corrected chi connectivity index (χ0v) is 13.8. The van der Waals surface area contributed by atoms with E-state index < -0.39 is 0 Å². The van der Waals surface area contributed by atoms with Crippen molar-refractivity contribution in [3.8, 4) is 11.5 Å². The summed E-state index contributed by atoms with van der Waals surface area (Å²) in [5, 5.41) is 2.73. The number of nitrogens with zero attached hydrogens (tertiary/aromatic N) is 1. The van der Waals surface area contributed by atoms with Crippen LogP contribution in [0.25, 0.3) is 0 Å². The Morgan fingerprint density at radius 1 is 1.00 bits per heavy atom. The predicted molar refractivity (Wildman–Crippen MR) is 93.0 cm³/mol. The molecule has 0 atom stereocenters. The smallest absolute Gasteiger partial charge is 0.255 e. The molecule has 0 spiro atoms. The Bertz CT molecular complexity index is 803. The zero-order chi connectivity index (χ0) is 17.2. The lowest BCUT2D eigenvalue weighted by molar-refractivity contribution is 0.102. The van der Waals surface area contributed by atoms with Crippen LogP contribution in [0.5, 0.6) is 11.5 Å². The van der Waals surface area contributed by atoms with E-state index in [2.05, 4.69) is 10.2 Å². The molecule has 4 rings (SSSR count). The minimum absolute atomic E-state index is 0.156. The predicted octanol–water partition coefficient (Wildman–Crippen LogP) is 3.80. The van der Waals surface area contributed by atoms with Crippen molar-refractivity contribution >= 4 is 17.3 Å². The molecule has 6 heteroatoms. The summed E-state index contributed by atoms with van der Waals surface area (Å²) in [4.78, 5) is 14.4. The van der Waals surface area contributed by atoms with Gasteiger partial charge in [0.05, 0.1) is 5.69 Å². The maximum Gasteiger partial charge on any atom is 0.255 e. The van der Waals surface area contributed by atoms with E-state index in [1.54, 1.807) is 30.3 Å². The van der Waals surface area contributed by atoms with Gasteiger partial charge >= 0.3 is 0 Å². The molecule has 1 fully saturated rings. The Labute approximate surface area is 145 Å². The van der Waals surface area contributed by atoms with Gasteiger partial charge in [-0.1, -0.05) is 0 Å². The van der Waals surface area contributed by atoms with E-state index in [1.807, 2.05) is 0 Å². The van der Waals surface area contributed by atoms with Crippen molar-refractivity contribution in [2.24, 2.45) is 0 Å². The second-order valence-corrected chi connectivity index (χ2v) is 6.24. The molecular formula is C19H19FN2O3. The number of carbonyl (C=O) groups is 1. The van der Waals surface area contributed by atoms with Gasteiger partial charge in [-0.15, -0.1) is 0 Å². The molecule has 0 unspecified atom stereocenters. The summed E-state index contributed by atoms with van der Waals surface area (Å²) in [7, 11) is 0. The second-order valence-electron chi connectivity index (χ2n) is 6.24. The van der Waals surface area contributed by atoms with Crippen LogP contribution in [0.2, 0.25) is 0 Å². The number of amides is 1. The summed E-state index contributed by atoms with van der Waals surface area (Å²) in [5.74, 6) is 0.529. The third-order valence-corrected chi connectivity index (χ3v) is 4.54. The van der Waals surface area contributed by atoms with Gasteiger partial charge < -0.3 is 19.7 Å². The molecule has 2 heterocycles. The number of fused-ring (bicyclic) bond motifs is 1. The van der Waals surface area contributed by atoms with Crippen molar-refractivity contribution < 1.29 is 18.7 Å². The first kappa shape index (κ1) is 15.7. The van der Waals surface area contributed by atoms with Crippen molar-refractivity contribution in [2.45, 2.75) is 19.3 Å². The third-order valence-electron chi connectivity index (χ3n) is 4.54. The normalized spacial score (nSPS) is 16.0. The fourth-order valence-electron chi connectivity index (χ4n) is 3.22. The van der Waals surface area contributed by atoms with Crippen LogP contribution in [-0.2, 0) is 0 Å². The number of piperidine rings is 1. The molecule has 25 heavy (non-hydrogen) atoms. The van der Waals surface area contributed by atoms with E-state index in [-0.39, 0.29) is 18.5 Å². The van der Waals surface area contributed by atoms with Crippen LogP contribution in [-0.4, -0.2) is 25.8 Å². The molecular weight excluding hydrogens is 323 g/mol. The maximum atomic E-state index is 14.4. The van der Waals surface area contributed by atoms with Crippen LogP contribution in [0.15, 0.2) is 36.4 Å². The highest BCUT2D eigenvalue weighted by Gasteiger charge is 2.18. The number of benzene rings is 2. The summed E-state index contributed by atoms with van der Waals surface area (Å²) >= 11 is 0. The Morgan fingerprint density at radius 2 is 1.80 bits per heavy atom. The van der Waals surface area contributed by atoms with Crippen molar-refractivity contribution in [2.75, 3.05) is 30.1 Å². The van der Waals surface area contributed by atoms with Gasteiger partial charge in [0.25, 0.3) is 5.91 Å². The van der Waals surface area contributed by atoms with Crippen molar-refractivity contribution in [3.63, 3.8) is 0 Å². The minimum Gasteiger partial charge on any atom is -0.454 e. The van der Waals surface area contributed by atoms with E-state index in [0.29, 0.717) is 28.4 Å². The van der Waals surface area contributed by atoms with E-state index in [9.17, 15) is 9.18 Å². The van der Waals surface area contributed by atoms with Crippen LogP contribution >= 0.6 is 0 Å². The number of ether oxygens (including phenoxy) is 2. The second kappa shape index (κ2) is 6.63. The topological polar surface area (TPSA) is 50.8 Å². The average Bonchev–Trinajstić information content (AvgIpc) is 3.10. The fourth-order valence-corrected chi connectivity index (χ4v) is 3.22. The first-order valence-electron chi connectivity index (χ1n) is 8.46. The lowest BCUT2D eigenvalue weighted by Crippen LogP contribution is -2.30. The van der Waals surface area contributed by atoms with Crippen molar-refractivity contribution in [3.05, 3.63) is 47.8 Å². The monoisotopic (exact) mass is 342 g/mol. The molecule has 2 aliphatic heterocycles. The number of hydrogen-bond donors (Lipinski definition) is 1. The van der Waals surface area contributed by atoms with E-state index in [0.717, 1.165) is 25.9 Å². The Morgan fingerprint density at radius 3 is 2.60 bits per heavy atom. The summed E-state index contributed by atoms with van der Waals surface area (Å²) in [5.41, 5.74) is 1.46. The van der Waals surface area contributed by atoms with Gasteiger partial charge in [-0.2, -0.15) is 0 Å². The molecule has 1 amide bonds. The Hall–Kier alpha value is -2.76. The van der Waals surface area contributed by atoms with E-state index in [4.69, 9.17) is 9.47 Å². The largest absolute Gasteiger partial charge is 0.454 e. The third kappa shape index (κ3) is 3.24.